The molecule has 0 bridgehead atoms. The van der Waals surface area contributed by atoms with Gasteiger partial charge in [-0.1, -0.05) is 13.8 Å². The van der Waals surface area contributed by atoms with E-state index in [0.717, 1.165) is 11.5 Å². The first-order valence-corrected chi connectivity index (χ1v) is 7.52. The van der Waals surface area contributed by atoms with Crippen molar-refractivity contribution in [3.63, 3.8) is 0 Å². The number of aromatic nitrogens is 2. The molecule has 1 atom stereocenters. The molecule has 3 N–H and O–H groups in total. The van der Waals surface area contributed by atoms with Crippen LogP contribution in [0.5, 0.6) is 0 Å². The van der Waals surface area contributed by atoms with E-state index in [4.69, 9.17) is 0 Å². The Balaban J connectivity index is 2.19. The largest absolute Gasteiger partial charge is 0.394 e. The second kappa shape index (κ2) is 6.39. The van der Waals surface area contributed by atoms with Gasteiger partial charge in [-0.3, -0.25) is 0 Å². The van der Waals surface area contributed by atoms with Crippen LogP contribution < -0.4 is 10.6 Å². The predicted molar refractivity (Wildman–Crippen MR) is 82.1 cm³/mol. The van der Waals surface area contributed by atoms with Crippen LogP contribution in [0.1, 0.15) is 52.1 Å². The van der Waals surface area contributed by atoms with Crippen molar-refractivity contribution in [1.82, 2.24) is 9.97 Å². The fraction of sp³-hybridized carbons (Fsp3) is 0.733. The second-order valence-electron chi connectivity index (χ2n) is 6.25. The summed E-state index contributed by atoms with van der Waals surface area (Å²) < 4.78 is 0. The highest BCUT2D eigenvalue weighted by molar-refractivity contribution is 5.45. The summed E-state index contributed by atoms with van der Waals surface area (Å²) >= 11 is 0. The minimum absolute atomic E-state index is 0.0173. The maximum absolute atomic E-state index is 9.43. The van der Waals surface area contributed by atoms with Gasteiger partial charge in [0.25, 0.3) is 0 Å². The van der Waals surface area contributed by atoms with Crippen molar-refractivity contribution in [3.05, 3.63) is 11.8 Å². The van der Waals surface area contributed by atoms with Crippen LogP contribution in [0.25, 0.3) is 0 Å². The first-order valence-electron chi connectivity index (χ1n) is 7.52. The van der Waals surface area contributed by atoms with Crippen LogP contribution in [-0.2, 0) is 0 Å². The first kappa shape index (κ1) is 15.0. The molecule has 1 aromatic heterocycles. The summed E-state index contributed by atoms with van der Waals surface area (Å²) in [5.74, 6) is 2.39. The summed E-state index contributed by atoms with van der Waals surface area (Å²) in [6.07, 6.45) is 2.43. The van der Waals surface area contributed by atoms with Gasteiger partial charge >= 0.3 is 0 Å². The summed E-state index contributed by atoms with van der Waals surface area (Å²) in [5.41, 5.74) is 1.10. The van der Waals surface area contributed by atoms with E-state index >= 15 is 0 Å². The molecule has 1 aliphatic carbocycles. The van der Waals surface area contributed by atoms with Gasteiger partial charge in [-0.2, -0.15) is 4.98 Å². The van der Waals surface area contributed by atoms with E-state index in [0.29, 0.717) is 23.8 Å². The maximum Gasteiger partial charge on any atom is 0.225 e. The molecular weight excluding hydrogens is 252 g/mol. The Labute approximate surface area is 121 Å². The number of aliphatic hydroxyl groups excluding tert-OH is 1. The Kier molecular flexibility index (Phi) is 4.81. The zero-order chi connectivity index (χ0) is 14.7. The molecule has 5 nitrogen and oxygen atoms in total. The fourth-order valence-electron chi connectivity index (χ4n) is 2.08. The number of hydrogen-bond acceptors (Lipinski definition) is 5. The van der Waals surface area contributed by atoms with Gasteiger partial charge in [0.05, 0.1) is 18.3 Å². The van der Waals surface area contributed by atoms with E-state index < -0.39 is 0 Å². The van der Waals surface area contributed by atoms with Crippen LogP contribution in [0.4, 0.5) is 11.8 Å². The molecule has 0 amide bonds. The normalized spacial score (nSPS) is 16.6. The molecule has 0 aliphatic heterocycles. The third-order valence-corrected chi connectivity index (χ3v) is 3.49. The molecule has 1 heterocycles. The number of anilines is 2. The number of aliphatic hydroxyl groups is 1. The Morgan fingerprint density at radius 3 is 2.40 bits per heavy atom. The van der Waals surface area contributed by atoms with Gasteiger partial charge in [-0.15, -0.1) is 0 Å². The summed E-state index contributed by atoms with van der Waals surface area (Å²) in [5, 5.41) is 16.0. The van der Waals surface area contributed by atoms with Crippen molar-refractivity contribution >= 4 is 11.8 Å². The van der Waals surface area contributed by atoms with Crippen LogP contribution in [-0.4, -0.2) is 33.8 Å². The fourth-order valence-corrected chi connectivity index (χ4v) is 2.08. The quantitative estimate of drug-likeness (QED) is 0.715. The van der Waals surface area contributed by atoms with Crippen molar-refractivity contribution in [2.45, 2.75) is 58.5 Å². The van der Waals surface area contributed by atoms with Crippen molar-refractivity contribution in [2.75, 3.05) is 17.2 Å². The average molecular weight is 278 g/mol. The van der Waals surface area contributed by atoms with Crippen LogP contribution in [0, 0.1) is 5.92 Å². The molecule has 0 spiro atoms. The molecule has 1 aliphatic rings. The SMILES string of the molecule is CC(C)Nc1cc(C2CC2)nc(N[C@@H](CO)C(C)C)n1. The predicted octanol–water partition coefficient (Wildman–Crippen LogP) is 2.60. The van der Waals surface area contributed by atoms with Gasteiger partial charge < -0.3 is 15.7 Å². The van der Waals surface area contributed by atoms with Crippen molar-refractivity contribution in [1.29, 1.82) is 0 Å². The van der Waals surface area contributed by atoms with E-state index in [1.807, 2.05) is 6.07 Å². The molecule has 0 unspecified atom stereocenters. The highest BCUT2D eigenvalue weighted by Gasteiger charge is 2.26. The number of hydrogen-bond donors (Lipinski definition) is 3. The van der Waals surface area contributed by atoms with Gasteiger partial charge in [-0.05, 0) is 32.6 Å². The van der Waals surface area contributed by atoms with Gasteiger partial charge in [0.2, 0.25) is 5.95 Å². The van der Waals surface area contributed by atoms with Gasteiger partial charge in [0.15, 0.2) is 0 Å². The average Bonchev–Trinajstić information content (AvgIpc) is 3.18. The topological polar surface area (TPSA) is 70.1 Å². The zero-order valence-electron chi connectivity index (χ0n) is 12.8. The Bertz CT molecular complexity index is 443. The van der Waals surface area contributed by atoms with Crippen molar-refractivity contribution < 1.29 is 5.11 Å². The maximum atomic E-state index is 9.43. The highest BCUT2D eigenvalue weighted by Crippen LogP contribution is 2.40. The lowest BCUT2D eigenvalue weighted by Gasteiger charge is -2.21. The molecule has 1 aromatic rings. The summed E-state index contributed by atoms with van der Waals surface area (Å²) in [7, 11) is 0. The van der Waals surface area contributed by atoms with E-state index in [2.05, 4.69) is 48.3 Å². The van der Waals surface area contributed by atoms with Gasteiger partial charge in [-0.25, -0.2) is 4.98 Å². The monoisotopic (exact) mass is 278 g/mol. The zero-order valence-corrected chi connectivity index (χ0v) is 12.8. The lowest BCUT2D eigenvalue weighted by atomic mass is 10.1. The number of nitrogens with zero attached hydrogens (tertiary/aromatic N) is 2. The van der Waals surface area contributed by atoms with E-state index in [9.17, 15) is 5.11 Å². The number of rotatable bonds is 7. The van der Waals surface area contributed by atoms with E-state index in [1.165, 1.54) is 12.8 Å². The lowest BCUT2D eigenvalue weighted by molar-refractivity contribution is 0.248. The second-order valence-corrected chi connectivity index (χ2v) is 6.25. The molecule has 1 fully saturated rings. The van der Waals surface area contributed by atoms with Crippen LogP contribution >= 0.6 is 0 Å². The minimum Gasteiger partial charge on any atom is -0.394 e. The van der Waals surface area contributed by atoms with Crippen molar-refractivity contribution in [2.24, 2.45) is 5.92 Å². The molecule has 0 saturated heterocycles. The van der Waals surface area contributed by atoms with Gasteiger partial charge in [0, 0.05) is 18.0 Å². The molecule has 1 saturated carbocycles. The molecule has 112 valence electrons. The van der Waals surface area contributed by atoms with Crippen LogP contribution in [0.3, 0.4) is 0 Å². The van der Waals surface area contributed by atoms with Crippen LogP contribution in [0.15, 0.2) is 6.07 Å². The standard InChI is InChI=1S/C15H26N4O/c1-9(2)13(8-20)18-15-17-12(11-5-6-11)7-14(19-15)16-10(3)4/h7,9-11,13,20H,5-6,8H2,1-4H3,(H2,16,17,18,19)/t13-/m0/s1. The van der Waals surface area contributed by atoms with Gasteiger partial charge in [0.1, 0.15) is 5.82 Å². The van der Waals surface area contributed by atoms with Crippen molar-refractivity contribution in [3.8, 4) is 0 Å². The summed E-state index contributed by atoms with van der Waals surface area (Å²) in [6, 6.07) is 2.37. The molecule has 0 aromatic carbocycles. The molecule has 2 rings (SSSR count). The van der Waals surface area contributed by atoms with Crippen LogP contribution in [0.2, 0.25) is 0 Å². The third kappa shape index (κ3) is 4.07. The summed E-state index contributed by atoms with van der Waals surface area (Å²) in [4.78, 5) is 9.11. The Morgan fingerprint density at radius 2 is 1.90 bits per heavy atom. The lowest BCUT2D eigenvalue weighted by Crippen LogP contribution is -2.30. The molecule has 0 radical (unpaired) electrons. The minimum atomic E-state index is -0.0173. The molecule has 20 heavy (non-hydrogen) atoms. The smallest absolute Gasteiger partial charge is 0.225 e. The third-order valence-electron chi connectivity index (χ3n) is 3.49. The summed E-state index contributed by atoms with van der Waals surface area (Å²) in [6.45, 7) is 8.42. The molecular formula is C15H26N4O. The Hall–Kier alpha value is -1.36. The number of nitrogens with one attached hydrogen (secondary N) is 2. The highest BCUT2D eigenvalue weighted by atomic mass is 16.3. The first-order chi connectivity index (χ1) is 9.49. The molecule has 5 heteroatoms. The Morgan fingerprint density at radius 1 is 1.20 bits per heavy atom. The van der Waals surface area contributed by atoms with E-state index in [1.54, 1.807) is 0 Å². The van der Waals surface area contributed by atoms with E-state index in [-0.39, 0.29) is 12.6 Å².